The van der Waals surface area contributed by atoms with Crippen molar-refractivity contribution in [1.82, 2.24) is 19.9 Å². The molecule has 3 heterocycles. The van der Waals surface area contributed by atoms with Crippen molar-refractivity contribution in [2.75, 3.05) is 45.3 Å². The average molecular weight is 450 g/mol. The topological polar surface area (TPSA) is 66.5 Å². The summed E-state index contributed by atoms with van der Waals surface area (Å²) in [5.74, 6) is 2.42. The van der Waals surface area contributed by atoms with Gasteiger partial charge in [-0.15, -0.1) is 11.3 Å². The minimum absolute atomic E-state index is 0.722. The van der Waals surface area contributed by atoms with Crippen LogP contribution in [0.5, 0.6) is 11.5 Å². The van der Waals surface area contributed by atoms with E-state index in [1.54, 1.807) is 25.6 Å². The number of fused-ring (bicyclic) bond motifs is 1. The van der Waals surface area contributed by atoms with Gasteiger partial charge in [0.1, 0.15) is 5.01 Å². The third-order valence-corrected chi connectivity index (χ3v) is 6.77. The lowest BCUT2D eigenvalue weighted by atomic mass is 10.2. The number of anilines is 1. The van der Waals surface area contributed by atoms with E-state index in [0.717, 1.165) is 83.9 Å². The van der Waals surface area contributed by atoms with Crippen LogP contribution in [0, 0.1) is 0 Å². The second-order valence-electron chi connectivity index (χ2n) is 7.91. The molecule has 1 saturated heterocycles. The third-order valence-electron chi connectivity index (χ3n) is 5.83. The fourth-order valence-corrected chi connectivity index (χ4v) is 4.95. The summed E-state index contributed by atoms with van der Waals surface area (Å²) in [7, 11) is 3.30. The van der Waals surface area contributed by atoms with Crippen LogP contribution >= 0.6 is 11.3 Å². The number of benzene rings is 2. The molecule has 5 rings (SSSR count). The molecule has 0 spiro atoms. The molecule has 0 unspecified atom stereocenters. The quantitative estimate of drug-likeness (QED) is 0.470. The van der Waals surface area contributed by atoms with Crippen molar-refractivity contribution in [2.24, 2.45) is 0 Å². The van der Waals surface area contributed by atoms with Crippen LogP contribution in [-0.4, -0.2) is 60.3 Å². The molecule has 2 aromatic carbocycles. The second-order valence-corrected chi connectivity index (χ2v) is 8.77. The van der Waals surface area contributed by atoms with Gasteiger partial charge in [-0.3, -0.25) is 4.90 Å². The van der Waals surface area contributed by atoms with Crippen LogP contribution in [0.1, 0.15) is 12.1 Å². The van der Waals surface area contributed by atoms with Gasteiger partial charge in [-0.2, -0.15) is 0 Å². The number of H-pyrrole nitrogens is 1. The lowest BCUT2D eigenvalue weighted by Crippen LogP contribution is -2.31. The smallest absolute Gasteiger partial charge is 0.203 e. The lowest BCUT2D eigenvalue weighted by Gasteiger charge is -2.20. The van der Waals surface area contributed by atoms with Crippen molar-refractivity contribution in [3.8, 4) is 22.1 Å². The molecule has 1 N–H and O–H groups in total. The summed E-state index contributed by atoms with van der Waals surface area (Å²) < 4.78 is 10.8. The molecule has 0 atom stereocenters. The van der Waals surface area contributed by atoms with Crippen molar-refractivity contribution in [2.45, 2.75) is 13.0 Å². The molecule has 0 radical (unpaired) electrons. The summed E-state index contributed by atoms with van der Waals surface area (Å²) >= 11 is 1.67. The Balaban J connectivity index is 1.24. The number of para-hydroxylation sites is 2. The normalized spacial score (nSPS) is 15.1. The van der Waals surface area contributed by atoms with E-state index in [-0.39, 0.29) is 0 Å². The van der Waals surface area contributed by atoms with E-state index in [1.807, 2.05) is 30.3 Å². The molecule has 0 saturated carbocycles. The number of hydrogen-bond donors (Lipinski definition) is 1. The summed E-state index contributed by atoms with van der Waals surface area (Å²) in [4.78, 5) is 18.0. The first-order chi connectivity index (χ1) is 15.7. The number of nitrogens with one attached hydrogen (secondary N) is 1. The number of aromatic amines is 1. The van der Waals surface area contributed by atoms with Crippen LogP contribution in [0.15, 0.2) is 47.8 Å². The zero-order chi connectivity index (χ0) is 21.9. The van der Waals surface area contributed by atoms with Gasteiger partial charge >= 0.3 is 0 Å². The van der Waals surface area contributed by atoms with Crippen molar-refractivity contribution < 1.29 is 9.47 Å². The zero-order valence-corrected chi connectivity index (χ0v) is 19.2. The van der Waals surface area contributed by atoms with Crippen molar-refractivity contribution >= 4 is 28.3 Å². The van der Waals surface area contributed by atoms with Gasteiger partial charge in [0.25, 0.3) is 0 Å². The monoisotopic (exact) mass is 449 g/mol. The Morgan fingerprint density at radius 1 is 0.969 bits per heavy atom. The van der Waals surface area contributed by atoms with E-state index < -0.39 is 0 Å². The predicted octanol–water partition coefficient (Wildman–Crippen LogP) is 4.42. The minimum Gasteiger partial charge on any atom is -0.493 e. The first-order valence-electron chi connectivity index (χ1n) is 10.8. The number of rotatable bonds is 6. The summed E-state index contributed by atoms with van der Waals surface area (Å²) in [5.41, 5.74) is 4.27. The number of methoxy groups -OCH3 is 2. The average Bonchev–Trinajstić information content (AvgIpc) is 3.41. The molecule has 0 aliphatic carbocycles. The highest BCUT2D eigenvalue weighted by Gasteiger charge is 2.19. The van der Waals surface area contributed by atoms with Crippen LogP contribution in [0.2, 0.25) is 0 Å². The van der Waals surface area contributed by atoms with Crippen LogP contribution in [0.25, 0.3) is 21.6 Å². The van der Waals surface area contributed by atoms with Crippen LogP contribution in [-0.2, 0) is 6.54 Å². The van der Waals surface area contributed by atoms with Crippen LogP contribution < -0.4 is 14.4 Å². The Morgan fingerprint density at radius 3 is 2.69 bits per heavy atom. The van der Waals surface area contributed by atoms with E-state index in [2.05, 4.69) is 32.3 Å². The van der Waals surface area contributed by atoms with E-state index >= 15 is 0 Å². The first kappa shape index (κ1) is 20.8. The fraction of sp³-hybridized carbons (Fsp3) is 0.333. The molecule has 7 nitrogen and oxygen atoms in total. The molecular weight excluding hydrogens is 422 g/mol. The maximum Gasteiger partial charge on any atom is 0.203 e. The van der Waals surface area contributed by atoms with Gasteiger partial charge < -0.3 is 19.4 Å². The van der Waals surface area contributed by atoms with Gasteiger partial charge in [-0.25, -0.2) is 9.97 Å². The van der Waals surface area contributed by atoms with Crippen LogP contribution in [0.3, 0.4) is 0 Å². The third kappa shape index (κ3) is 4.28. The molecule has 2 aromatic heterocycles. The molecule has 166 valence electrons. The predicted molar refractivity (Wildman–Crippen MR) is 129 cm³/mol. The van der Waals surface area contributed by atoms with Gasteiger partial charge in [0.2, 0.25) is 5.95 Å². The molecule has 4 aromatic rings. The SMILES string of the molecule is COc1ccc(-c2nc(CN3CCCN(c4nc5ccccc5[nH]4)CC3)cs2)cc1OC. The Kier molecular flexibility index (Phi) is 5.96. The zero-order valence-electron chi connectivity index (χ0n) is 18.4. The Morgan fingerprint density at radius 2 is 1.84 bits per heavy atom. The first-order valence-corrected chi connectivity index (χ1v) is 11.7. The van der Waals surface area contributed by atoms with Gasteiger partial charge in [-0.1, -0.05) is 12.1 Å². The van der Waals surface area contributed by atoms with Gasteiger partial charge in [0.05, 0.1) is 30.9 Å². The van der Waals surface area contributed by atoms with Gasteiger partial charge in [-0.05, 0) is 36.8 Å². The summed E-state index contributed by atoms with van der Waals surface area (Å²) in [6.07, 6.45) is 1.10. The fourth-order valence-electron chi connectivity index (χ4n) is 4.14. The van der Waals surface area contributed by atoms with Crippen molar-refractivity contribution in [3.05, 3.63) is 53.5 Å². The van der Waals surface area contributed by atoms with E-state index in [4.69, 9.17) is 19.4 Å². The molecule has 0 bridgehead atoms. The summed E-state index contributed by atoms with van der Waals surface area (Å²) in [5, 5.41) is 3.16. The minimum atomic E-state index is 0.722. The molecule has 32 heavy (non-hydrogen) atoms. The van der Waals surface area contributed by atoms with Gasteiger partial charge in [0, 0.05) is 43.7 Å². The highest BCUT2D eigenvalue weighted by molar-refractivity contribution is 7.13. The standard InChI is InChI=1S/C24H27N5O2S/c1-30-21-9-8-17(14-22(21)31-2)23-25-18(16-32-23)15-28-10-5-11-29(13-12-28)24-26-19-6-3-4-7-20(19)27-24/h3-4,6-9,14,16H,5,10-13,15H2,1-2H3,(H,26,27). The molecular formula is C24H27N5O2S. The number of imidazole rings is 1. The number of hydrogen-bond acceptors (Lipinski definition) is 7. The molecule has 1 fully saturated rings. The number of aromatic nitrogens is 3. The second kappa shape index (κ2) is 9.18. The molecule has 0 amide bonds. The van der Waals surface area contributed by atoms with Crippen LogP contribution in [0.4, 0.5) is 5.95 Å². The van der Waals surface area contributed by atoms with E-state index in [0.29, 0.717) is 0 Å². The van der Waals surface area contributed by atoms with Crippen molar-refractivity contribution in [3.63, 3.8) is 0 Å². The Labute approximate surface area is 191 Å². The van der Waals surface area contributed by atoms with E-state index in [1.165, 1.54) is 0 Å². The largest absolute Gasteiger partial charge is 0.493 e. The summed E-state index contributed by atoms with van der Waals surface area (Å²) in [6, 6.07) is 14.1. The molecule has 1 aliphatic rings. The lowest BCUT2D eigenvalue weighted by molar-refractivity contribution is 0.282. The highest BCUT2D eigenvalue weighted by atomic mass is 32.1. The maximum atomic E-state index is 5.44. The molecule has 8 heteroatoms. The number of nitrogens with zero attached hydrogens (tertiary/aromatic N) is 4. The number of thiazole rings is 1. The number of ether oxygens (including phenoxy) is 2. The van der Waals surface area contributed by atoms with Gasteiger partial charge in [0.15, 0.2) is 11.5 Å². The summed E-state index contributed by atoms with van der Waals surface area (Å²) in [6.45, 7) is 4.86. The van der Waals surface area contributed by atoms with Crippen molar-refractivity contribution in [1.29, 1.82) is 0 Å². The Bertz CT molecular complexity index is 1170. The Hall–Kier alpha value is -3.10. The highest BCUT2D eigenvalue weighted by Crippen LogP contribution is 2.33. The molecule has 1 aliphatic heterocycles. The van der Waals surface area contributed by atoms with E-state index in [9.17, 15) is 0 Å². The maximum absolute atomic E-state index is 5.44.